The third-order valence-corrected chi connectivity index (χ3v) is 8.56. The molecule has 0 aliphatic heterocycles. The summed E-state index contributed by atoms with van der Waals surface area (Å²) < 4.78 is 29.3. The molecule has 0 fully saturated rings. The maximum atomic E-state index is 13.8. The fraction of sp³-hybridized carbons (Fsp3) is 0.286. The molecule has 3 aromatic rings. The second kappa shape index (κ2) is 13.8. The van der Waals surface area contributed by atoms with Crippen molar-refractivity contribution in [1.29, 1.82) is 0 Å². The lowest BCUT2D eigenvalue weighted by Crippen LogP contribution is -2.51. The van der Waals surface area contributed by atoms with E-state index in [0.717, 1.165) is 27.2 Å². The topological polar surface area (TPSA) is 86.8 Å². The van der Waals surface area contributed by atoms with Crippen LogP contribution in [-0.2, 0) is 26.2 Å². The molecule has 3 rings (SSSR count). The predicted molar refractivity (Wildman–Crippen MR) is 154 cm³/mol. The van der Waals surface area contributed by atoms with E-state index in [4.69, 9.17) is 11.6 Å². The minimum absolute atomic E-state index is 0.0487. The maximum Gasteiger partial charge on any atom is 0.264 e. The average Bonchev–Trinajstić information content (AvgIpc) is 2.92. The molecule has 10 heteroatoms. The molecular weight excluding hydrogens is 590 g/mol. The highest BCUT2D eigenvalue weighted by molar-refractivity contribution is 9.10. The van der Waals surface area contributed by atoms with Gasteiger partial charge < -0.3 is 10.2 Å². The summed E-state index contributed by atoms with van der Waals surface area (Å²) in [4.78, 5) is 28.2. The van der Waals surface area contributed by atoms with Crippen molar-refractivity contribution < 1.29 is 18.0 Å². The largest absolute Gasteiger partial charge is 0.354 e. The summed E-state index contributed by atoms with van der Waals surface area (Å²) in [6.45, 7) is 3.81. The predicted octanol–water partition coefficient (Wildman–Crippen LogP) is 5.63. The van der Waals surface area contributed by atoms with Crippen molar-refractivity contribution in [2.45, 2.75) is 44.2 Å². The first kappa shape index (κ1) is 29.7. The Kier molecular flexibility index (Phi) is 10.8. The Labute approximate surface area is 238 Å². The van der Waals surface area contributed by atoms with Gasteiger partial charge in [-0.3, -0.25) is 13.9 Å². The van der Waals surface area contributed by atoms with Crippen LogP contribution < -0.4 is 9.62 Å². The summed E-state index contributed by atoms with van der Waals surface area (Å²) in [5.41, 5.74) is 1.09. The maximum absolute atomic E-state index is 13.8. The molecule has 2 amide bonds. The average molecular weight is 621 g/mol. The number of halogens is 2. The van der Waals surface area contributed by atoms with E-state index in [-0.39, 0.29) is 23.0 Å². The normalized spacial score (nSPS) is 12.0. The van der Waals surface area contributed by atoms with Crippen LogP contribution >= 0.6 is 27.5 Å². The number of carbonyl (C=O) groups is 2. The Morgan fingerprint density at radius 3 is 2.21 bits per heavy atom. The molecule has 0 aromatic heterocycles. The molecule has 0 saturated heterocycles. The highest BCUT2D eigenvalue weighted by atomic mass is 79.9. The van der Waals surface area contributed by atoms with Crippen LogP contribution in [0.15, 0.2) is 88.2 Å². The van der Waals surface area contributed by atoms with Crippen LogP contribution in [0.5, 0.6) is 0 Å². The zero-order chi connectivity index (χ0) is 27.7. The van der Waals surface area contributed by atoms with Gasteiger partial charge in [0.05, 0.1) is 10.6 Å². The van der Waals surface area contributed by atoms with Gasteiger partial charge in [-0.1, -0.05) is 71.2 Å². The van der Waals surface area contributed by atoms with Gasteiger partial charge in [0.25, 0.3) is 10.0 Å². The smallest absolute Gasteiger partial charge is 0.264 e. The Balaban J connectivity index is 1.97. The van der Waals surface area contributed by atoms with Crippen LogP contribution in [-0.4, -0.2) is 44.3 Å². The number of sulfonamides is 1. The van der Waals surface area contributed by atoms with Crippen LogP contribution in [0.4, 0.5) is 5.69 Å². The SMILES string of the molecule is CCCCNC(=O)[C@H](C)N(Cc1ccc(Br)cc1)C(=O)CN(c1ccc(Cl)cc1)S(=O)(=O)c1ccccc1. The van der Waals surface area contributed by atoms with Gasteiger partial charge in [0.2, 0.25) is 11.8 Å². The zero-order valence-electron chi connectivity index (χ0n) is 21.3. The van der Waals surface area contributed by atoms with Crippen molar-refractivity contribution in [3.05, 3.63) is 93.9 Å². The molecule has 202 valence electrons. The third-order valence-electron chi connectivity index (χ3n) is 5.99. The zero-order valence-corrected chi connectivity index (χ0v) is 24.5. The van der Waals surface area contributed by atoms with Gasteiger partial charge >= 0.3 is 0 Å². The summed E-state index contributed by atoms with van der Waals surface area (Å²) >= 11 is 9.45. The molecule has 0 aliphatic carbocycles. The van der Waals surface area contributed by atoms with E-state index in [2.05, 4.69) is 21.2 Å². The number of benzene rings is 3. The number of anilines is 1. The second-order valence-corrected chi connectivity index (χ2v) is 12.0. The number of carbonyl (C=O) groups excluding carboxylic acids is 2. The van der Waals surface area contributed by atoms with E-state index in [1.54, 1.807) is 49.4 Å². The number of unbranched alkanes of at least 4 members (excludes halogenated alkanes) is 1. The first-order chi connectivity index (χ1) is 18.1. The molecule has 38 heavy (non-hydrogen) atoms. The van der Waals surface area contributed by atoms with Gasteiger partial charge in [-0.25, -0.2) is 8.42 Å². The minimum Gasteiger partial charge on any atom is -0.354 e. The number of nitrogens with zero attached hydrogens (tertiary/aromatic N) is 2. The molecule has 0 saturated carbocycles. The van der Waals surface area contributed by atoms with E-state index < -0.39 is 28.5 Å². The van der Waals surface area contributed by atoms with Crippen molar-refractivity contribution in [1.82, 2.24) is 10.2 Å². The molecule has 0 unspecified atom stereocenters. The van der Waals surface area contributed by atoms with Gasteiger partial charge in [-0.05, 0) is 67.4 Å². The number of amides is 2. The lowest BCUT2D eigenvalue weighted by molar-refractivity contribution is -0.139. The summed E-state index contributed by atoms with van der Waals surface area (Å²) in [5.74, 6) is -0.812. The Bertz CT molecular complexity index is 1320. The number of nitrogens with one attached hydrogen (secondary N) is 1. The van der Waals surface area contributed by atoms with Crippen molar-refractivity contribution in [3.63, 3.8) is 0 Å². The molecule has 0 spiro atoms. The van der Waals surface area contributed by atoms with E-state index in [9.17, 15) is 18.0 Å². The van der Waals surface area contributed by atoms with Crippen LogP contribution in [0.3, 0.4) is 0 Å². The van der Waals surface area contributed by atoms with Crippen LogP contribution in [0, 0.1) is 0 Å². The quantitative estimate of drug-likeness (QED) is 0.266. The van der Waals surface area contributed by atoms with E-state index in [1.807, 2.05) is 31.2 Å². The standard InChI is InChI=1S/C28H31BrClN3O4S/c1-3-4-18-31-28(35)21(2)32(19-22-10-12-23(29)13-11-22)27(34)20-33(25-16-14-24(30)15-17-25)38(36,37)26-8-6-5-7-9-26/h5-17,21H,3-4,18-20H2,1-2H3,(H,31,35)/t21-/m0/s1. The first-order valence-corrected chi connectivity index (χ1v) is 14.9. The molecular formula is C28H31BrClN3O4S. The van der Waals surface area contributed by atoms with Crippen LogP contribution in [0.2, 0.25) is 5.02 Å². The van der Waals surface area contributed by atoms with Crippen molar-refractivity contribution in [2.24, 2.45) is 0 Å². The lowest BCUT2D eigenvalue weighted by Gasteiger charge is -2.32. The van der Waals surface area contributed by atoms with E-state index >= 15 is 0 Å². The Hall–Kier alpha value is -2.88. The van der Waals surface area contributed by atoms with Gasteiger partial charge in [0, 0.05) is 22.6 Å². The van der Waals surface area contributed by atoms with Crippen LogP contribution in [0.25, 0.3) is 0 Å². The molecule has 0 aliphatic rings. The number of hydrogen-bond donors (Lipinski definition) is 1. The minimum atomic E-state index is -4.10. The Morgan fingerprint density at radius 2 is 1.61 bits per heavy atom. The van der Waals surface area contributed by atoms with Crippen molar-refractivity contribution in [2.75, 3.05) is 17.4 Å². The van der Waals surface area contributed by atoms with Gasteiger partial charge in [0.15, 0.2) is 0 Å². The van der Waals surface area contributed by atoms with Gasteiger partial charge in [0.1, 0.15) is 12.6 Å². The molecule has 3 aromatic carbocycles. The summed E-state index contributed by atoms with van der Waals surface area (Å²) in [6, 6.07) is 20.7. The molecule has 0 heterocycles. The summed E-state index contributed by atoms with van der Waals surface area (Å²) in [5, 5.41) is 3.31. The lowest BCUT2D eigenvalue weighted by atomic mass is 10.1. The Morgan fingerprint density at radius 1 is 0.974 bits per heavy atom. The fourth-order valence-corrected chi connectivity index (χ4v) is 5.59. The van der Waals surface area contributed by atoms with E-state index in [0.29, 0.717) is 11.6 Å². The highest BCUT2D eigenvalue weighted by Gasteiger charge is 2.32. The monoisotopic (exact) mass is 619 g/mol. The third kappa shape index (κ3) is 7.82. The van der Waals surface area contributed by atoms with Crippen molar-refractivity contribution >= 4 is 55.1 Å². The number of rotatable bonds is 12. The first-order valence-electron chi connectivity index (χ1n) is 12.3. The molecule has 0 bridgehead atoms. The molecule has 0 radical (unpaired) electrons. The molecule has 1 atom stereocenters. The van der Waals surface area contributed by atoms with E-state index in [1.165, 1.54) is 17.0 Å². The van der Waals surface area contributed by atoms with Crippen molar-refractivity contribution in [3.8, 4) is 0 Å². The summed E-state index contributed by atoms with van der Waals surface area (Å²) in [7, 11) is -4.10. The molecule has 7 nitrogen and oxygen atoms in total. The number of hydrogen-bond acceptors (Lipinski definition) is 4. The van der Waals surface area contributed by atoms with Gasteiger partial charge in [-0.15, -0.1) is 0 Å². The van der Waals surface area contributed by atoms with Gasteiger partial charge in [-0.2, -0.15) is 0 Å². The second-order valence-electron chi connectivity index (χ2n) is 8.77. The van der Waals surface area contributed by atoms with Crippen LogP contribution in [0.1, 0.15) is 32.3 Å². The fourth-order valence-electron chi connectivity index (χ4n) is 3.76. The highest BCUT2D eigenvalue weighted by Crippen LogP contribution is 2.26. The summed E-state index contributed by atoms with van der Waals surface area (Å²) in [6.07, 6.45) is 1.74. The molecule has 1 N–H and O–H groups in total.